The summed E-state index contributed by atoms with van der Waals surface area (Å²) in [5, 5.41) is 7.14. The third-order valence-corrected chi connectivity index (χ3v) is 6.89. The van der Waals surface area contributed by atoms with E-state index in [1.54, 1.807) is 19.2 Å². The maximum atomic E-state index is 13.5. The largest absolute Gasteiger partial charge is 0.356 e. The van der Waals surface area contributed by atoms with Crippen LogP contribution in [0.5, 0.6) is 0 Å². The van der Waals surface area contributed by atoms with E-state index in [1.165, 1.54) is 6.07 Å². The van der Waals surface area contributed by atoms with Crippen molar-refractivity contribution < 1.29 is 8.60 Å². The third kappa shape index (κ3) is 5.79. The van der Waals surface area contributed by atoms with Gasteiger partial charge in [-0.2, -0.15) is 0 Å². The zero-order valence-corrected chi connectivity index (χ0v) is 17.2. The maximum Gasteiger partial charge on any atom is 0.191 e. The second-order valence-corrected chi connectivity index (χ2v) is 9.62. The number of hydrogen-bond donors (Lipinski definition) is 2. The molecule has 0 heterocycles. The number of aliphatic imine (C=N–C) groups is 1. The van der Waals surface area contributed by atoms with Crippen molar-refractivity contribution in [1.29, 1.82) is 0 Å². The fourth-order valence-electron chi connectivity index (χ4n) is 3.45. The lowest BCUT2D eigenvalue weighted by atomic mass is 9.84. The molecule has 0 aromatic heterocycles. The van der Waals surface area contributed by atoms with E-state index in [4.69, 9.17) is 0 Å². The Morgan fingerprint density at radius 3 is 2.81 bits per heavy atom. The summed E-state index contributed by atoms with van der Waals surface area (Å²) in [6, 6.07) is 7.05. The zero-order chi connectivity index (χ0) is 19.2. The van der Waals surface area contributed by atoms with Crippen molar-refractivity contribution in [3.05, 3.63) is 35.6 Å². The topological polar surface area (TPSA) is 53.5 Å². The van der Waals surface area contributed by atoms with Gasteiger partial charge in [0.15, 0.2) is 5.96 Å². The monoisotopic (exact) mass is 381 g/mol. The molecule has 0 spiro atoms. The standard InChI is InChI=1S/C20H32FN3OS/c1-5-26(25)18-11-7-10-17(13-18)24-19(22-4)23-14-20(2,3)15-8-6-9-16(21)12-15/h6,8-9,12,17-18H,5,7,10-11,13-14H2,1-4H3,(H2,22,23,24). The summed E-state index contributed by atoms with van der Waals surface area (Å²) < 4.78 is 25.6. The third-order valence-electron chi connectivity index (χ3n) is 5.15. The van der Waals surface area contributed by atoms with Crippen LogP contribution in [0.25, 0.3) is 0 Å². The quantitative estimate of drug-likeness (QED) is 0.587. The molecule has 3 atom stereocenters. The van der Waals surface area contributed by atoms with Gasteiger partial charge in [-0.05, 0) is 37.0 Å². The van der Waals surface area contributed by atoms with Crippen molar-refractivity contribution in [2.45, 2.75) is 63.2 Å². The minimum Gasteiger partial charge on any atom is -0.356 e. The van der Waals surface area contributed by atoms with Crippen molar-refractivity contribution in [3.63, 3.8) is 0 Å². The molecule has 1 aromatic carbocycles. The summed E-state index contributed by atoms with van der Waals surface area (Å²) in [5.41, 5.74) is 0.731. The first-order valence-corrected chi connectivity index (χ1v) is 10.8. The minimum absolute atomic E-state index is 0.213. The van der Waals surface area contributed by atoms with Crippen LogP contribution >= 0.6 is 0 Å². The van der Waals surface area contributed by atoms with Crippen LogP contribution in [0.4, 0.5) is 4.39 Å². The van der Waals surface area contributed by atoms with Crippen molar-refractivity contribution in [2.75, 3.05) is 19.3 Å². The van der Waals surface area contributed by atoms with E-state index >= 15 is 0 Å². The van der Waals surface area contributed by atoms with Crippen LogP contribution in [0.1, 0.15) is 52.0 Å². The van der Waals surface area contributed by atoms with Gasteiger partial charge in [-0.25, -0.2) is 4.39 Å². The van der Waals surface area contributed by atoms with Gasteiger partial charge in [-0.1, -0.05) is 39.3 Å². The summed E-state index contributed by atoms with van der Waals surface area (Å²) in [6.07, 6.45) is 4.15. The highest BCUT2D eigenvalue weighted by atomic mass is 32.2. The normalized spacial score (nSPS) is 22.7. The SMILES string of the molecule is CCS(=O)C1CCCC(NC(=NC)NCC(C)(C)c2cccc(F)c2)C1. The van der Waals surface area contributed by atoms with Gasteiger partial charge >= 0.3 is 0 Å². The molecule has 1 aliphatic rings. The average Bonchev–Trinajstić information content (AvgIpc) is 2.64. The van der Waals surface area contributed by atoms with E-state index in [0.29, 0.717) is 12.6 Å². The van der Waals surface area contributed by atoms with Crippen LogP contribution in [0.3, 0.4) is 0 Å². The Hall–Kier alpha value is -1.43. The molecule has 0 radical (unpaired) electrons. The highest BCUT2D eigenvalue weighted by molar-refractivity contribution is 7.85. The Balaban J connectivity index is 1.92. The molecule has 1 saturated carbocycles. The van der Waals surface area contributed by atoms with Gasteiger partial charge in [0.25, 0.3) is 0 Å². The Morgan fingerprint density at radius 2 is 2.15 bits per heavy atom. The van der Waals surface area contributed by atoms with Crippen molar-refractivity contribution in [1.82, 2.24) is 10.6 Å². The Labute approximate surface area is 159 Å². The molecule has 0 amide bonds. The van der Waals surface area contributed by atoms with E-state index in [1.807, 2.05) is 13.0 Å². The van der Waals surface area contributed by atoms with Gasteiger partial charge in [-0.15, -0.1) is 0 Å². The van der Waals surface area contributed by atoms with Crippen LogP contribution in [0.15, 0.2) is 29.3 Å². The van der Waals surface area contributed by atoms with E-state index in [2.05, 4.69) is 29.5 Å². The van der Waals surface area contributed by atoms with Crippen LogP contribution in [-0.2, 0) is 16.2 Å². The van der Waals surface area contributed by atoms with Crippen molar-refractivity contribution in [3.8, 4) is 0 Å². The molecule has 2 N–H and O–H groups in total. The Morgan fingerprint density at radius 1 is 1.38 bits per heavy atom. The molecule has 4 nitrogen and oxygen atoms in total. The Kier molecular flexibility index (Phi) is 7.62. The highest BCUT2D eigenvalue weighted by Crippen LogP contribution is 2.24. The first-order valence-electron chi connectivity index (χ1n) is 9.46. The van der Waals surface area contributed by atoms with Gasteiger partial charge in [0.1, 0.15) is 5.82 Å². The second-order valence-electron chi connectivity index (χ2n) is 7.62. The molecule has 1 aliphatic carbocycles. The second kappa shape index (κ2) is 9.49. The zero-order valence-electron chi connectivity index (χ0n) is 16.3. The number of halogens is 1. The lowest BCUT2D eigenvalue weighted by molar-refractivity contribution is 0.410. The fourth-order valence-corrected chi connectivity index (χ4v) is 4.80. The predicted octanol–water partition coefficient (Wildman–Crippen LogP) is 3.35. The van der Waals surface area contributed by atoms with Gasteiger partial charge in [0.05, 0.1) is 0 Å². The lowest BCUT2D eigenvalue weighted by Gasteiger charge is -2.31. The average molecular weight is 382 g/mol. The van der Waals surface area contributed by atoms with Gasteiger partial charge in [0.2, 0.25) is 0 Å². The molecular weight excluding hydrogens is 349 g/mol. The number of benzene rings is 1. The maximum absolute atomic E-state index is 13.5. The first kappa shape index (κ1) is 20.9. The molecule has 1 fully saturated rings. The summed E-state index contributed by atoms with van der Waals surface area (Å²) in [5.74, 6) is 1.27. The molecule has 2 rings (SSSR count). The van der Waals surface area contributed by atoms with E-state index in [9.17, 15) is 8.60 Å². The van der Waals surface area contributed by atoms with Crippen molar-refractivity contribution >= 4 is 16.8 Å². The highest BCUT2D eigenvalue weighted by Gasteiger charge is 2.27. The molecule has 3 unspecified atom stereocenters. The molecule has 0 saturated heterocycles. The van der Waals surface area contributed by atoms with E-state index < -0.39 is 10.8 Å². The molecule has 1 aromatic rings. The predicted molar refractivity (Wildman–Crippen MR) is 109 cm³/mol. The summed E-state index contributed by atoms with van der Waals surface area (Å²) in [7, 11) is 1.03. The van der Waals surface area contributed by atoms with Gasteiger partial charge in [0, 0.05) is 46.9 Å². The van der Waals surface area contributed by atoms with Crippen molar-refractivity contribution in [2.24, 2.45) is 4.99 Å². The number of guanidine groups is 1. The molecule has 26 heavy (non-hydrogen) atoms. The van der Waals surface area contributed by atoms with Gasteiger partial charge < -0.3 is 10.6 Å². The van der Waals surface area contributed by atoms with Crippen LogP contribution in [0, 0.1) is 5.82 Å². The summed E-state index contributed by atoms with van der Waals surface area (Å²) in [4.78, 5) is 4.33. The molecule has 146 valence electrons. The minimum atomic E-state index is -0.732. The first-order chi connectivity index (χ1) is 12.4. The number of nitrogens with one attached hydrogen (secondary N) is 2. The smallest absolute Gasteiger partial charge is 0.191 e. The molecular formula is C20H32FN3OS. The summed E-state index contributed by atoms with van der Waals surface area (Å²) >= 11 is 0. The summed E-state index contributed by atoms with van der Waals surface area (Å²) in [6.45, 7) is 6.81. The van der Waals surface area contributed by atoms with E-state index in [-0.39, 0.29) is 16.5 Å². The van der Waals surface area contributed by atoms with Crippen LogP contribution in [0.2, 0.25) is 0 Å². The molecule has 6 heteroatoms. The van der Waals surface area contributed by atoms with Crippen LogP contribution < -0.4 is 10.6 Å². The Bertz CT molecular complexity index is 648. The fraction of sp³-hybridized carbons (Fsp3) is 0.650. The number of hydrogen-bond acceptors (Lipinski definition) is 2. The van der Waals surface area contributed by atoms with Gasteiger partial charge in [-0.3, -0.25) is 9.20 Å². The van der Waals surface area contributed by atoms with E-state index in [0.717, 1.165) is 43.0 Å². The number of nitrogens with zero attached hydrogens (tertiary/aromatic N) is 1. The molecule has 0 bridgehead atoms. The van der Waals surface area contributed by atoms with Crippen LogP contribution in [-0.4, -0.2) is 40.8 Å². The number of rotatable bonds is 6. The lowest BCUT2D eigenvalue weighted by Crippen LogP contribution is -2.49. The molecule has 0 aliphatic heterocycles.